The summed E-state index contributed by atoms with van der Waals surface area (Å²) in [6.07, 6.45) is -0.907. The third-order valence-electron chi connectivity index (χ3n) is 3.01. The van der Waals surface area contributed by atoms with Crippen molar-refractivity contribution in [3.8, 4) is 5.75 Å². The Bertz CT molecular complexity index is 602. The first-order chi connectivity index (χ1) is 10.1. The van der Waals surface area contributed by atoms with Crippen LogP contribution in [-0.2, 0) is 4.74 Å². The van der Waals surface area contributed by atoms with E-state index in [0.717, 1.165) is 0 Å². The molecule has 1 N–H and O–H groups in total. The number of ether oxygens (including phenoxy) is 2. The largest absolute Gasteiger partial charge is 0.491 e. The van der Waals surface area contributed by atoms with E-state index < -0.39 is 6.10 Å². The van der Waals surface area contributed by atoms with Crippen molar-refractivity contribution in [1.29, 1.82) is 0 Å². The second-order valence-electron chi connectivity index (χ2n) is 4.45. The summed E-state index contributed by atoms with van der Waals surface area (Å²) in [7, 11) is 1.61. The quantitative estimate of drug-likeness (QED) is 0.812. The van der Waals surface area contributed by atoms with Gasteiger partial charge in [0.05, 0.1) is 6.61 Å². The first kappa shape index (κ1) is 16.1. The Balaban J connectivity index is 2.30. The van der Waals surface area contributed by atoms with Gasteiger partial charge in [-0.15, -0.1) is 0 Å². The van der Waals surface area contributed by atoms with E-state index in [-0.39, 0.29) is 0 Å². The average Bonchev–Trinajstić information content (AvgIpc) is 2.50. The second-order valence-corrected chi connectivity index (χ2v) is 5.29. The second kappa shape index (κ2) is 7.66. The van der Waals surface area contributed by atoms with Gasteiger partial charge in [-0.2, -0.15) is 0 Å². The summed E-state index contributed by atoms with van der Waals surface area (Å²) < 4.78 is 10.6. The number of para-hydroxylation sites is 1. The van der Waals surface area contributed by atoms with Crippen molar-refractivity contribution in [1.82, 2.24) is 0 Å². The molecule has 0 fully saturated rings. The topological polar surface area (TPSA) is 38.7 Å². The molecule has 2 aromatic rings. The Hall–Kier alpha value is -1.26. The van der Waals surface area contributed by atoms with Crippen LogP contribution in [0.1, 0.15) is 17.2 Å². The predicted molar refractivity (Wildman–Crippen MR) is 84.3 cm³/mol. The molecule has 0 heterocycles. The van der Waals surface area contributed by atoms with Gasteiger partial charge in [0.25, 0.3) is 0 Å². The Kier molecular flexibility index (Phi) is 5.88. The smallest absolute Gasteiger partial charge is 0.125 e. The van der Waals surface area contributed by atoms with Crippen LogP contribution < -0.4 is 4.74 Å². The minimum atomic E-state index is -0.907. The van der Waals surface area contributed by atoms with Crippen LogP contribution >= 0.6 is 23.2 Å². The lowest BCUT2D eigenvalue weighted by molar-refractivity contribution is 0.142. The standard InChI is InChI=1S/C16H16Cl2O3/c1-20-8-9-21-15-5-3-2-4-12(15)16(19)13-10-11(17)6-7-14(13)18/h2-7,10,16,19H,8-9H2,1H3. The fourth-order valence-corrected chi connectivity index (χ4v) is 2.37. The Morgan fingerprint density at radius 3 is 2.57 bits per heavy atom. The highest BCUT2D eigenvalue weighted by Crippen LogP contribution is 2.34. The molecular formula is C16H16Cl2O3. The lowest BCUT2D eigenvalue weighted by Gasteiger charge is -2.17. The van der Waals surface area contributed by atoms with E-state index in [1.807, 2.05) is 12.1 Å². The summed E-state index contributed by atoms with van der Waals surface area (Å²) >= 11 is 12.1. The lowest BCUT2D eigenvalue weighted by Crippen LogP contribution is -2.08. The highest BCUT2D eigenvalue weighted by molar-refractivity contribution is 6.33. The molecule has 0 saturated heterocycles. The molecule has 1 atom stereocenters. The van der Waals surface area contributed by atoms with Crippen LogP contribution in [0.5, 0.6) is 5.75 Å². The lowest BCUT2D eigenvalue weighted by atomic mass is 10.0. The van der Waals surface area contributed by atoms with Gasteiger partial charge in [0.1, 0.15) is 18.5 Å². The molecule has 0 radical (unpaired) electrons. The van der Waals surface area contributed by atoms with Gasteiger partial charge in [0.2, 0.25) is 0 Å². The molecule has 3 nitrogen and oxygen atoms in total. The van der Waals surface area contributed by atoms with Crippen LogP contribution in [0.3, 0.4) is 0 Å². The number of benzene rings is 2. The molecule has 5 heteroatoms. The number of methoxy groups -OCH3 is 1. The first-order valence-corrected chi connectivity index (χ1v) is 7.22. The maximum Gasteiger partial charge on any atom is 0.125 e. The maximum atomic E-state index is 10.6. The van der Waals surface area contributed by atoms with E-state index in [0.29, 0.717) is 40.1 Å². The van der Waals surface area contributed by atoms with Gasteiger partial charge in [-0.3, -0.25) is 0 Å². The Morgan fingerprint density at radius 1 is 1.05 bits per heavy atom. The van der Waals surface area contributed by atoms with Gasteiger partial charge in [0, 0.05) is 28.3 Å². The Labute approximate surface area is 134 Å². The highest BCUT2D eigenvalue weighted by atomic mass is 35.5. The summed E-state index contributed by atoms with van der Waals surface area (Å²) in [6.45, 7) is 0.881. The fraction of sp³-hybridized carbons (Fsp3) is 0.250. The number of halogens is 2. The minimum Gasteiger partial charge on any atom is -0.491 e. The van der Waals surface area contributed by atoms with Gasteiger partial charge < -0.3 is 14.6 Å². The van der Waals surface area contributed by atoms with Crippen molar-refractivity contribution in [3.05, 3.63) is 63.6 Å². The van der Waals surface area contributed by atoms with E-state index >= 15 is 0 Å². The molecule has 0 bridgehead atoms. The molecule has 0 spiro atoms. The van der Waals surface area contributed by atoms with Gasteiger partial charge >= 0.3 is 0 Å². The minimum absolute atomic E-state index is 0.406. The monoisotopic (exact) mass is 326 g/mol. The van der Waals surface area contributed by atoms with Gasteiger partial charge in [-0.1, -0.05) is 41.4 Å². The predicted octanol–water partition coefficient (Wildman–Crippen LogP) is 4.10. The summed E-state index contributed by atoms with van der Waals surface area (Å²) in [6, 6.07) is 12.3. The van der Waals surface area contributed by atoms with Crippen LogP contribution in [0.2, 0.25) is 10.0 Å². The third kappa shape index (κ3) is 4.11. The summed E-state index contributed by atoms with van der Waals surface area (Å²) in [5.41, 5.74) is 1.18. The molecule has 0 amide bonds. The zero-order valence-corrected chi connectivity index (χ0v) is 13.1. The maximum absolute atomic E-state index is 10.6. The molecule has 0 aliphatic rings. The zero-order chi connectivity index (χ0) is 15.2. The SMILES string of the molecule is COCCOc1ccccc1C(O)c1cc(Cl)ccc1Cl. The van der Waals surface area contributed by atoms with Crippen molar-refractivity contribution in [2.45, 2.75) is 6.10 Å². The molecule has 1 unspecified atom stereocenters. The summed E-state index contributed by atoms with van der Waals surface area (Å²) in [4.78, 5) is 0. The highest BCUT2D eigenvalue weighted by Gasteiger charge is 2.18. The van der Waals surface area contributed by atoms with Crippen LogP contribution in [0.15, 0.2) is 42.5 Å². The van der Waals surface area contributed by atoms with E-state index in [9.17, 15) is 5.11 Å². The first-order valence-electron chi connectivity index (χ1n) is 6.47. The Morgan fingerprint density at radius 2 is 1.81 bits per heavy atom. The van der Waals surface area contributed by atoms with E-state index in [2.05, 4.69) is 0 Å². The van der Waals surface area contributed by atoms with E-state index in [1.165, 1.54) is 0 Å². The van der Waals surface area contributed by atoms with Crippen molar-refractivity contribution in [2.75, 3.05) is 20.3 Å². The van der Waals surface area contributed by atoms with Crippen LogP contribution in [-0.4, -0.2) is 25.4 Å². The fourth-order valence-electron chi connectivity index (χ4n) is 1.96. The molecule has 112 valence electrons. The van der Waals surface area contributed by atoms with Crippen LogP contribution in [0.25, 0.3) is 0 Å². The van der Waals surface area contributed by atoms with Crippen molar-refractivity contribution in [2.24, 2.45) is 0 Å². The molecule has 0 aromatic heterocycles. The molecule has 2 rings (SSSR count). The van der Waals surface area contributed by atoms with Gasteiger partial charge in [-0.25, -0.2) is 0 Å². The molecule has 2 aromatic carbocycles. The number of aliphatic hydroxyl groups excluding tert-OH is 1. The number of aliphatic hydroxyl groups is 1. The van der Waals surface area contributed by atoms with Crippen molar-refractivity contribution < 1.29 is 14.6 Å². The van der Waals surface area contributed by atoms with Gasteiger partial charge in [0.15, 0.2) is 0 Å². The summed E-state index contributed by atoms with van der Waals surface area (Å²) in [5, 5.41) is 11.6. The molecule has 21 heavy (non-hydrogen) atoms. The average molecular weight is 327 g/mol. The molecule has 0 saturated carbocycles. The van der Waals surface area contributed by atoms with Crippen molar-refractivity contribution >= 4 is 23.2 Å². The number of hydrogen-bond acceptors (Lipinski definition) is 3. The number of hydrogen-bond donors (Lipinski definition) is 1. The van der Waals surface area contributed by atoms with E-state index in [1.54, 1.807) is 37.4 Å². The van der Waals surface area contributed by atoms with E-state index in [4.69, 9.17) is 32.7 Å². The van der Waals surface area contributed by atoms with Crippen molar-refractivity contribution in [3.63, 3.8) is 0 Å². The van der Waals surface area contributed by atoms with Crippen LogP contribution in [0.4, 0.5) is 0 Å². The third-order valence-corrected chi connectivity index (χ3v) is 3.59. The zero-order valence-electron chi connectivity index (χ0n) is 11.6. The molecule has 0 aliphatic heterocycles. The van der Waals surface area contributed by atoms with Gasteiger partial charge in [-0.05, 0) is 24.3 Å². The molecular weight excluding hydrogens is 311 g/mol. The van der Waals surface area contributed by atoms with Crippen LogP contribution in [0, 0.1) is 0 Å². The normalized spacial score (nSPS) is 12.2. The summed E-state index contributed by atoms with van der Waals surface area (Å²) in [5.74, 6) is 0.595. The molecule has 0 aliphatic carbocycles. The number of rotatable bonds is 6.